The van der Waals surface area contributed by atoms with Gasteiger partial charge in [0.25, 0.3) is 0 Å². The molecular weight excluding hydrogens is 284 g/mol. The molecule has 0 atom stereocenters. The molecule has 1 saturated heterocycles. The average molecular weight is 302 g/mol. The number of benzene rings is 2. The van der Waals surface area contributed by atoms with Gasteiger partial charge in [0.1, 0.15) is 0 Å². The van der Waals surface area contributed by atoms with E-state index in [-0.39, 0.29) is 4.27 Å². The van der Waals surface area contributed by atoms with Crippen LogP contribution < -0.4 is 0 Å². The van der Waals surface area contributed by atoms with Crippen LogP contribution in [-0.2, 0) is 4.74 Å². The number of hydrogen-bond acceptors (Lipinski definition) is 3. The zero-order valence-electron chi connectivity index (χ0n) is 11.3. The monoisotopic (exact) mass is 302 g/mol. The lowest BCUT2D eigenvalue weighted by molar-refractivity contribution is 0.0500. The summed E-state index contributed by atoms with van der Waals surface area (Å²) in [5, 5.41) is 0. The van der Waals surface area contributed by atoms with Crippen LogP contribution in [-0.4, -0.2) is 10.9 Å². The second-order valence-corrected chi connectivity index (χ2v) is 7.75. The van der Waals surface area contributed by atoms with Crippen LogP contribution in [0.3, 0.4) is 0 Å². The third-order valence-electron chi connectivity index (χ3n) is 3.23. The molecule has 1 aliphatic heterocycles. The molecule has 0 spiro atoms. The van der Waals surface area contributed by atoms with Gasteiger partial charge in [0.2, 0.25) is 0 Å². The lowest BCUT2D eigenvalue weighted by Gasteiger charge is -2.36. The zero-order valence-corrected chi connectivity index (χ0v) is 13.0. The average Bonchev–Trinajstić information content (AvgIpc) is 2.50. The van der Waals surface area contributed by atoms with Crippen LogP contribution in [0.4, 0.5) is 0 Å². The Hall–Kier alpha value is -0.900. The van der Waals surface area contributed by atoms with Crippen molar-refractivity contribution in [3.05, 3.63) is 60.7 Å². The van der Waals surface area contributed by atoms with Crippen LogP contribution in [0.2, 0.25) is 0 Å². The Morgan fingerprint density at radius 1 is 0.750 bits per heavy atom. The summed E-state index contributed by atoms with van der Waals surface area (Å²) in [6.07, 6.45) is 3.50. The molecule has 1 fully saturated rings. The van der Waals surface area contributed by atoms with Crippen molar-refractivity contribution in [1.29, 1.82) is 0 Å². The summed E-state index contributed by atoms with van der Waals surface area (Å²) < 4.78 is 6.02. The van der Waals surface area contributed by atoms with E-state index in [2.05, 4.69) is 60.7 Å². The summed E-state index contributed by atoms with van der Waals surface area (Å²) in [5.74, 6) is 0. The summed E-state index contributed by atoms with van der Waals surface area (Å²) in [7, 11) is 0. The minimum absolute atomic E-state index is 0.180. The van der Waals surface area contributed by atoms with Gasteiger partial charge in [-0.3, -0.25) is 0 Å². The summed E-state index contributed by atoms with van der Waals surface area (Å²) >= 11 is 3.70. The van der Waals surface area contributed by atoms with Crippen molar-refractivity contribution in [2.45, 2.75) is 33.3 Å². The minimum Gasteiger partial charge on any atom is -0.354 e. The maximum atomic E-state index is 6.20. The lowest BCUT2D eigenvalue weighted by atomic mass is 10.2. The SMILES string of the molecule is c1ccc(SC2(Sc3ccccc3)CCCCO2)cc1. The maximum absolute atomic E-state index is 6.20. The predicted molar refractivity (Wildman–Crippen MR) is 87.1 cm³/mol. The van der Waals surface area contributed by atoms with Crippen molar-refractivity contribution in [3.63, 3.8) is 0 Å². The number of thioether (sulfide) groups is 2. The Labute approximate surface area is 129 Å². The molecule has 104 valence electrons. The second kappa shape index (κ2) is 6.70. The largest absolute Gasteiger partial charge is 0.354 e. The molecule has 20 heavy (non-hydrogen) atoms. The van der Waals surface area contributed by atoms with E-state index in [1.165, 1.54) is 22.6 Å². The summed E-state index contributed by atoms with van der Waals surface area (Å²) in [5.41, 5.74) is 0. The van der Waals surface area contributed by atoms with Gasteiger partial charge in [0.15, 0.2) is 4.27 Å². The molecule has 0 unspecified atom stereocenters. The van der Waals surface area contributed by atoms with Gasteiger partial charge in [-0.05, 0) is 43.5 Å². The Morgan fingerprint density at radius 2 is 1.30 bits per heavy atom. The fourth-order valence-corrected chi connectivity index (χ4v) is 5.09. The molecule has 2 aromatic carbocycles. The smallest absolute Gasteiger partial charge is 0.169 e. The van der Waals surface area contributed by atoms with Crippen LogP contribution in [0.1, 0.15) is 19.3 Å². The predicted octanol–water partition coefficient (Wildman–Crippen LogP) is 5.43. The molecule has 0 aliphatic carbocycles. The summed E-state index contributed by atoms with van der Waals surface area (Å²) in [6, 6.07) is 21.1. The molecule has 3 rings (SSSR count). The van der Waals surface area contributed by atoms with Crippen LogP contribution in [0.25, 0.3) is 0 Å². The minimum atomic E-state index is -0.180. The van der Waals surface area contributed by atoms with Crippen LogP contribution in [0.5, 0.6) is 0 Å². The molecule has 2 aromatic rings. The van der Waals surface area contributed by atoms with Crippen LogP contribution in [0.15, 0.2) is 70.5 Å². The van der Waals surface area contributed by atoms with Gasteiger partial charge in [0, 0.05) is 16.4 Å². The first kappa shape index (κ1) is 14.1. The number of rotatable bonds is 4. The molecule has 0 amide bonds. The molecule has 0 bridgehead atoms. The highest BCUT2D eigenvalue weighted by atomic mass is 32.2. The fraction of sp³-hybridized carbons (Fsp3) is 0.294. The normalized spacial score (nSPS) is 17.8. The molecular formula is C17H18OS2. The highest BCUT2D eigenvalue weighted by Gasteiger charge is 2.35. The first-order valence-electron chi connectivity index (χ1n) is 6.98. The highest BCUT2D eigenvalue weighted by molar-refractivity contribution is 8.18. The van der Waals surface area contributed by atoms with Gasteiger partial charge < -0.3 is 4.74 Å². The van der Waals surface area contributed by atoms with Crippen molar-refractivity contribution in [2.75, 3.05) is 6.61 Å². The van der Waals surface area contributed by atoms with Gasteiger partial charge in [-0.25, -0.2) is 0 Å². The van der Waals surface area contributed by atoms with Crippen molar-refractivity contribution < 1.29 is 4.74 Å². The van der Waals surface area contributed by atoms with E-state index >= 15 is 0 Å². The molecule has 0 radical (unpaired) electrons. The standard InChI is InChI=1S/C17H18OS2/c1-3-9-15(10-4-1)19-17(13-7-8-14-18-17)20-16-11-5-2-6-12-16/h1-6,9-12H,7-8,13-14H2. The molecule has 1 nitrogen and oxygen atoms in total. The summed E-state index contributed by atoms with van der Waals surface area (Å²) in [6.45, 7) is 0.861. The van der Waals surface area contributed by atoms with Crippen LogP contribution in [0, 0.1) is 0 Å². The van der Waals surface area contributed by atoms with Gasteiger partial charge in [-0.1, -0.05) is 59.9 Å². The van der Waals surface area contributed by atoms with Gasteiger partial charge in [-0.15, -0.1) is 0 Å². The van der Waals surface area contributed by atoms with E-state index in [0.717, 1.165) is 13.0 Å². The molecule has 3 heteroatoms. The number of hydrogen-bond donors (Lipinski definition) is 0. The quantitative estimate of drug-likeness (QED) is 0.697. The Balaban J connectivity index is 1.81. The molecule has 0 N–H and O–H groups in total. The van der Waals surface area contributed by atoms with Gasteiger partial charge in [-0.2, -0.15) is 0 Å². The van der Waals surface area contributed by atoms with E-state index in [1.54, 1.807) is 0 Å². The van der Waals surface area contributed by atoms with Crippen molar-refractivity contribution in [3.8, 4) is 0 Å². The van der Waals surface area contributed by atoms with Crippen LogP contribution >= 0.6 is 23.5 Å². The second-order valence-electron chi connectivity index (χ2n) is 4.82. The van der Waals surface area contributed by atoms with E-state index in [0.29, 0.717) is 0 Å². The molecule has 0 saturated carbocycles. The van der Waals surface area contributed by atoms with Gasteiger partial charge in [0.05, 0.1) is 0 Å². The topological polar surface area (TPSA) is 9.23 Å². The fourth-order valence-electron chi connectivity index (χ4n) is 2.26. The maximum Gasteiger partial charge on any atom is 0.169 e. The first-order valence-corrected chi connectivity index (χ1v) is 8.62. The first-order chi connectivity index (χ1) is 9.86. The molecule has 1 aliphatic rings. The molecule has 0 aromatic heterocycles. The third kappa shape index (κ3) is 3.60. The Morgan fingerprint density at radius 3 is 1.75 bits per heavy atom. The van der Waals surface area contributed by atoms with E-state index in [1.807, 2.05) is 23.5 Å². The lowest BCUT2D eigenvalue weighted by Crippen LogP contribution is -2.29. The highest BCUT2D eigenvalue weighted by Crippen LogP contribution is 2.51. The van der Waals surface area contributed by atoms with E-state index in [4.69, 9.17) is 4.74 Å². The third-order valence-corrected chi connectivity index (χ3v) is 6.01. The van der Waals surface area contributed by atoms with Crippen molar-refractivity contribution in [1.82, 2.24) is 0 Å². The Kier molecular flexibility index (Phi) is 4.71. The number of ether oxygens (including phenoxy) is 1. The van der Waals surface area contributed by atoms with E-state index in [9.17, 15) is 0 Å². The zero-order chi connectivity index (χ0) is 13.7. The van der Waals surface area contributed by atoms with Crippen molar-refractivity contribution in [2.24, 2.45) is 0 Å². The van der Waals surface area contributed by atoms with Crippen molar-refractivity contribution >= 4 is 23.5 Å². The summed E-state index contributed by atoms with van der Waals surface area (Å²) in [4.78, 5) is 2.55. The van der Waals surface area contributed by atoms with E-state index < -0.39 is 0 Å². The Bertz CT molecular complexity index is 478. The molecule has 1 heterocycles. The van der Waals surface area contributed by atoms with Gasteiger partial charge >= 0.3 is 0 Å².